The molecule has 14 heavy (non-hydrogen) atoms. The zero-order valence-electron chi connectivity index (χ0n) is 8.69. The standard InChI is InChI=1S/C11H16Br2Si/c1-2-3-7-10(14)8-5-4-6-9(12)11(8)13/h4-6,10H,2-3,7H2,1,14H3. The minimum absolute atomic E-state index is 0.779. The van der Waals surface area contributed by atoms with Crippen molar-refractivity contribution in [1.82, 2.24) is 0 Å². The van der Waals surface area contributed by atoms with Crippen molar-refractivity contribution in [2.24, 2.45) is 0 Å². The van der Waals surface area contributed by atoms with Gasteiger partial charge in [-0.25, -0.2) is 0 Å². The molecule has 0 aliphatic heterocycles. The van der Waals surface area contributed by atoms with Gasteiger partial charge in [-0.15, -0.1) is 0 Å². The second kappa shape index (κ2) is 6.08. The highest BCUT2D eigenvalue weighted by Gasteiger charge is 2.10. The van der Waals surface area contributed by atoms with Crippen LogP contribution in [0.2, 0.25) is 0 Å². The van der Waals surface area contributed by atoms with Crippen LogP contribution in [0.15, 0.2) is 27.1 Å². The smallest absolute Gasteiger partial charge is 0.0349 e. The molecule has 1 aromatic rings. The van der Waals surface area contributed by atoms with Gasteiger partial charge in [-0.3, -0.25) is 0 Å². The Balaban J connectivity index is 2.79. The molecule has 0 radical (unpaired) electrons. The SMILES string of the molecule is CCCCC([SiH3])c1cccc(Br)c1Br. The minimum atomic E-state index is 0.779. The van der Waals surface area contributed by atoms with Crippen molar-refractivity contribution in [1.29, 1.82) is 0 Å². The van der Waals surface area contributed by atoms with E-state index < -0.39 is 0 Å². The van der Waals surface area contributed by atoms with Crippen molar-refractivity contribution < 1.29 is 0 Å². The first-order chi connectivity index (χ1) is 6.66. The predicted molar refractivity (Wildman–Crippen MR) is 74.0 cm³/mol. The highest BCUT2D eigenvalue weighted by molar-refractivity contribution is 9.13. The van der Waals surface area contributed by atoms with Crippen LogP contribution in [0.1, 0.15) is 37.3 Å². The molecule has 0 amide bonds. The third-order valence-electron chi connectivity index (χ3n) is 2.50. The molecule has 1 rings (SSSR count). The van der Waals surface area contributed by atoms with Crippen LogP contribution in [-0.2, 0) is 0 Å². The number of rotatable bonds is 4. The lowest BCUT2D eigenvalue weighted by Gasteiger charge is -2.14. The first-order valence-corrected chi connectivity index (χ1v) is 7.84. The van der Waals surface area contributed by atoms with Gasteiger partial charge in [0.05, 0.1) is 0 Å². The summed E-state index contributed by atoms with van der Waals surface area (Å²) in [6.45, 7) is 2.25. The number of hydrogen-bond acceptors (Lipinski definition) is 0. The molecule has 0 fully saturated rings. The molecule has 0 saturated carbocycles. The van der Waals surface area contributed by atoms with Gasteiger partial charge in [0.15, 0.2) is 0 Å². The highest BCUT2D eigenvalue weighted by atomic mass is 79.9. The van der Waals surface area contributed by atoms with Gasteiger partial charge in [-0.05, 0) is 55.5 Å². The Kier molecular flexibility index (Phi) is 5.42. The lowest BCUT2D eigenvalue weighted by atomic mass is 10.1. The maximum atomic E-state index is 3.65. The lowest BCUT2D eigenvalue weighted by Crippen LogP contribution is -1.99. The Morgan fingerprint density at radius 1 is 1.36 bits per heavy atom. The van der Waals surface area contributed by atoms with E-state index in [0.29, 0.717) is 0 Å². The maximum Gasteiger partial charge on any atom is 0.0349 e. The number of unbranched alkanes of at least 4 members (excludes halogenated alkanes) is 1. The fourth-order valence-corrected chi connectivity index (χ4v) is 3.92. The van der Waals surface area contributed by atoms with Crippen molar-refractivity contribution in [2.45, 2.75) is 31.7 Å². The summed E-state index contributed by atoms with van der Waals surface area (Å²) < 4.78 is 2.42. The molecule has 0 bridgehead atoms. The molecule has 0 nitrogen and oxygen atoms in total. The molecule has 0 heterocycles. The average Bonchev–Trinajstić information content (AvgIpc) is 2.18. The normalized spacial score (nSPS) is 13.1. The highest BCUT2D eigenvalue weighted by Crippen LogP contribution is 2.32. The van der Waals surface area contributed by atoms with Crippen molar-refractivity contribution >= 4 is 42.1 Å². The van der Waals surface area contributed by atoms with Gasteiger partial charge in [-0.1, -0.05) is 31.9 Å². The number of halogens is 2. The number of hydrogen-bond donors (Lipinski definition) is 0. The monoisotopic (exact) mass is 334 g/mol. The Morgan fingerprint density at radius 3 is 2.71 bits per heavy atom. The van der Waals surface area contributed by atoms with Crippen molar-refractivity contribution in [3.63, 3.8) is 0 Å². The van der Waals surface area contributed by atoms with E-state index in [4.69, 9.17) is 0 Å². The molecule has 0 aliphatic rings. The maximum absolute atomic E-state index is 3.65. The molecule has 3 heteroatoms. The van der Waals surface area contributed by atoms with E-state index in [0.717, 1.165) is 5.54 Å². The Labute approximate surface area is 106 Å². The molecule has 1 atom stereocenters. The summed E-state index contributed by atoms with van der Waals surface area (Å²) in [7, 11) is 1.24. The summed E-state index contributed by atoms with van der Waals surface area (Å²) in [5.74, 6) is 0. The molecule has 0 spiro atoms. The topological polar surface area (TPSA) is 0 Å². The first kappa shape index (κ1) is 12.5. The summed E-state index contributed by atoms with van der Waals surface area (Å²) >= 11 is 7.20. The van der Waals surface area contributed by atoms with Gasteiger partial charge < -0.3 is 0 Å². The quantitative estimate of drug-likeness (QED) is 0.734. The molecule has 1 unspecified atom stereocenters. The Morgan fingerprint density at radius 2 is 2.07 bits per heavy atom. The van der Waals surface area contributed by atoms with E-state index in [1.807, 2.05) is 0 Å². The van der Waals surface area contributed by atoms with Crippen LogP contribution in [0.5, 0.6) is 0 Å². The Bertz CT molecular complexity index is 299. The zero-order valence-corrected chi connectivity index (χ0v) is 13.9. The van der Waals surface area contributed by atoms with Crippen molar-refractivity contribution in [3.05, 3.63) is 32.7 Å². The summed E-state index contributed by atoms with van der Waals surface area (Å²) in [5.41, 5.74) is 2.25. The summed E-state index contributed by atoms with van der Waals surface area (Å²) in [6, 6.07) is 6.45. The van der Waals surface area contributed by atoms with E-state index in [9.17, 15) is 0 Å². The largest absolute Gasteiger partial charge is 0.0654 e. The minimum Gasteiger partial charge on any atom is -0.0654 e. The lowest BCUT2D eigenvalue weighted by molar-refractivity contribution is 0.698. The van der Waals surface area contributed by atoms with Crippen molar-refractivity contribution in [3.8, 4) is 0 Å². The average molecular weight is 336 g/mol. The predicted octanol–water partition coefficient (Wildman–Crippen LogP) is 3.81. The van der Waals surface area contributed by atoms with Crippen molar-refractivity contribution in [2.75, 3.05) is 0 Å². The second-order valence-corrected chi connectivity index (χ2v) is 6.73. The van der Waals surface area contributed by atoms with Crippen LogP contribution in [0, 0.1) is 0 Å². The van der Waals surface area contributed by atoms with Gasteiger partial charge in [0.1, 0.15) is 0 Å². The van der Waals surface area contributed by atoms with E-state index in [1.54, 1.807) is 0 Å². The van der Waals surface area contributed by atoms with Crippen LogP contribution in [0.4, 0.5) is 0 Å². The molecule has 0 aliphatic carbocycles. The van der Waals surface area contributed by atoms with Crippen LogP contribution >= 0.6 is 31.9 Å². The Hall–Kier alpha value is 0.397. The first-order valence-electron chi connectivity index (χ1n) is 5.10. The molecule has 78 valence electrons. The molecular formula is C11H16Br2Si. The van der Waals surface area contributed by atoms with Crippen LogP contribution in [0.3, 0.4) is 0 Å². The summed E-state index contributed by atoms with van der Waals surface area (Å²) in [5, 5.41) is 0. The fourth-order valence-electron chi connectivity index (χ4n) is 1.57. The van der Waals surface area contributed by atoms with Crippen LogP contribution < -0.4 is 0 Å². The van der Waals surface area contributed by atoms with Gasteiger partial charge in [-0.2, -0.15) is 0 Å². The molecule has 0 aromatic heterocycles. The van der Waals surface area contributed by atoms with Gasteiger partial charge >= 0.3 is 0 Å². The number of benzene rings is 1. The van der Waals surface area contributed by atoms with Gasteiger partial charge in [0.2, 0.25) is 0 Å². The molecular weight excluding hydrogens is 320 g/mol. The molecule has 0 N–H and O–H groups in total. The fraction of sp³-hybridized carbons (Fsp3) is 0.455. The van der Waals surface area contributed by atoms with Crippen LogP contribution in [-0.4, -0.2) is 10.2 Å². The summed E-state index contributed by atoms with van der Waals surface area (Å²) in [4.78, 5) is 0. The third kappa shape index (κ3) is 3.21. The zero-order chi connectivity index (χ0) is 10.6. The van der Waals surface area contributed by atoms with Crippen LogP contribution in [0.25, 0.3) is 0 Å². The third-order valence-corrected chi connectivity index (χ3v) is 5.78. The molecule has 0 saturated heterocycles. The summed E-state index contributed by atoms with van der Waals surface area (Å²) in [6.07, 6.45) is 3.97. The van der Waals surface area contributed by atoms with Gasteiger partial charge in [0.25, 0.3) is 0 Å². The van der Waals surface area contributed by atoms with E-state index in [1.165, 1.54) is 44.0 Å². The second-order valence-electron chi connectivity index (χ2n) is 3.69. The molecule has 1 aromatic carbocycles. The van der Waals surface area contributed by atoms with Gasteiger partial charge in [0, 0.05) is 19.2 Å². The van der Waals surface area contributed by atoms with E-state index in [-0.39, 0.29) is 0 Å². The van der Waals surface area contributed by atoms with E-state index >= 15 is 0 Å². The van der Waals surface area contributed by atoms with E-state index in [2.05, 4.69) is 57.0 Å².